The molecule has 0 unspecified atom stereocenters. The van der Waals surface area contributed by atoms with Crippen molar-refractivity contribution in [2.24, 2.45) is 4.99 Å². The minimum Gasteiger partial charge on any atom is -0.496 e. The van der Waals surface area contributed by atoms with Crippen LogP contribution in [0.15, 0.2) is 52.4 Å². The van der Waals surface area contributed by atoms with Gasteiger partial charge in [0, 0.05) is 17.9 Å². The molecule has 1 heterocycles. The monoisotopic (exact) mass is 524 g/mol. The van der Waals surface area contributed by atoms with Crippen LogP contribution in [0.4, 0.5) is 25.8 Å². The summed E-state index contributed by atoms with van der Waals surface area (Å²) in [7, 11) is 1.37. The number of alkyl halides is 2. The average Bonchev–Trinajstić information content (AvgIpc) is 3.09. The molecule has 2 amide bonds. The highest BCUT2D eigenvalue weighted by atomic mass is 32.2. The van der Waals surface area contributed by atoms with Crippen LogP contribution in [0.5, 0.6) is 5.75 Å². The van der Waals surface area contributed by atoms with Crippen LogP contribution < -0.4 is 10.1 Å². The molecule has 1 saturated heterocycles. The summed E-state index contributed by atoms with van der Waals surface area (Å²) in [6.07, 6.45) is 0.447. The van der Waals surface area contributed by atoms with Gasteiger partial charge in [-0.1, -0.05) is 30.4 Å². The summed E-state index contributed by atoms with van der Waals surface area (Å²) >= 11 is 1.54. The van der Waals surface area contributed by atoms with E-state index in [0.717, 1.165) is 11.8 Å². The van der Waals surface area contributed by atoms with Gasteiger partial charge in [0.25, 0.3) is 11.4 Å². The first kappa shape index (κ1) is 26.4. The largest absolute Gasteiger partial charge is 0.496 e. The molecule has 0 spiro atoms. The van der Waals surface area contributed by atoms with Crippen LogP contribution in [-0.4, -0.2) is 51.5 Å². The molecular weight excluding hydrogens is 502 g/mol. The Hall–Kier alpha value is -3.19. The number of aliphatic imine (C=N–C) groups is 1. The number of halogens is 2. The number of carbonyl (C=O) groups is 2. The van der Waals surface area contributed by atoms with E-state index in [1.807, 2.05) is 6.92 Å². The van der Waals surface area contributed by atoms with Crippen LogP contribution in [0.2, 0.25) is 0 Å². The second-order valence-electron chi connectivity index (χ2n) is 7.26. The quantitative estimate of drug-likeness (QED) is 0.255. The Morgan fingerprint density at radius 1 is 1.31 bits per heavy atom. The third kappa shape index (κ3) is 6.92. The van der Waals surface area contributed by atoms with Crippen LogP contribution in [-0.2, 0) is 9.59 Å². The van der Waals surface area contributed by atoms with E-state index in [2.05, 4.69) is 10.3 Å². The summed E-state index contributed by atoms with van der Waals surface area (Å²) in [5.74, 6) is -3.11. The molecule has 1 aliphatic rings. The normalized spacial score (nSPS) is 16.7. The number of nitro groups is 1. The zero-order valence-corrected chi connectivity index (χ0v) is 20.4. The van der Waals surface area contributed by atoms with Gasteiger partial charge >= 0.3 is 0 Å². The van der Waals surface area contributed by atoms with Crippen molar-refractivity contribution in [2.75, 3.05) is 19.0 Å². The number of methoxy groups -OCH3 is 1. The molecule has 0 aromatic heterocycles. The Labute approximate surface area is 208 Å². The number of anilines is 1. The third-order valence-electron chi connectivity index (χ3n) is 4.80. The van der Waals surface area contributed by atoms with E-state index in [1.165, 1.54) is 42.3 Å². The van der Waals surface area contributed by atoms with Crippen LogP contribution in [0.3, 0.4) is 0 Å². The molecule has 0 radical (unpaired) electrons. The van der Waals surface area contributed by atoms with Gasteiger partial charge in [0.1, 0.15) is 16.7 Å². The molecule has 1 fully saturated rings. The number of carbonyl (C=O) groups excluding carboxylic acids is 2. The molecule has 9 nitrogen and oxygen atoms in total. The number of hydrogen-bond acceptors (Lipinski definition) is 8. The Morgan fingerprint density at radius 3 is 2.63 bits per heavy atom. The maximum Gasteiger partial charge on any atom is 0.296 e. The molecule has 1 aliphatic heterocycles. The first-order valence-electron chi connectivity index (χ1n) is 10.5. The van der Waals surface area contributed by atoms with Gasteiger partial charge < -0.3 is 10.1 Å². The Balaban J connectivity index is 1.74. The van der Waals surface area contributed by atoms with Gasteiger partial charge in [0.05, 0.1) is 23.8 Å². The molecule has 0 saturated carbocycles. The summed E-state index contributed by atoms with van der Waals surface area (Å²) in [5.41, 5.74) is 0.155. The number of ether oxygens (including phenoxy) is 1. The fraction of sp³-hybridized carbons (Fsp3) is 0.318. The van der Waals surface area contributed by atoms with Crippen LogP contribution >= 0.6 is 23.5 Å². The number of thioether (sulfide) groups is 2. The van der Waals surface area contributed by atoms with Crippen LogP contribution in [0, 0.1) is 10.1 Å². The van der Waals surface area contributed by atoms with Gasteiger partial charge in [-0.15, -0.1) is 0 Å². The number of nitrogens with one attached hydrogen (secondary N) is 1. The molecule has 2 aromatic carbocycles. The van der Waals surface area contributed by atoms with E-state index in [0.29, 0.717) is 40.5 Å². The fourth-order valence-corrected chi connectivity index (χ4v) is 4.91. The van der Waals surface area contributed by atoms with Crippen molar-refractivity contribution in [3.05, 3.63) is 52.6 Å². The smallest absolute Gasteiger partial charge is 0.296 e. The number of nitrogens with zero attached hydrogens (tertiary/aromatic N) is 3. The lowest BCUT2D eigenvalue weighted by molar-refractivity contribution is -0.384. The number of nitro benzene ring substituents is 1. The standard InChI is InChI=1S/C22H22F2N4O5S2/c1-3-10-27-20(30)18(35-22(27)25-13-4-7-15(8-5-13)34-21(23)24)12-19(29)26-16-9-6-14(33-2)11-17(16)28(31)32/h4-9,11,18,21H,3,10,12H2,1-2H3,(H,26,29)/t18-/m1/s1. The van der Waals surface area contributed by atoms with Crippen molar-refractivity contribution < 1.29 is 28.0 Å². The highest BCUT2D eigenvalue weighted by Crippen LogP contribution is 2.34. The number of amidine groups is 1. The summed E-state index contributed by atoms with van der Waals surface area (Å²) in [4.78, 5) is 42.7. The van der Waals surface area contributed by atoms with Gasteiger partial charge in [-0.05, 0) is 42.8 Å². The van der Waals surface area contributed by atoms with Crippen molar-refractivity contribution in [1.29, 1.82) is 0 Å². The lowest BCUT2D eigenvalue weighted by Crippen LogP contribution is -2.34. The van der Waals surface area contributed by atoms with Crippen molar-refractivity contribution in [2.45, 2.75) is 35.7 Å². The fourth-order valence-electron chi connectivity index (χ4n) is 3.23. The molecular formula is C22H22F2N4O5S2. The maximum atomic E-state index is 13.0. The number of amides is 2. The maximum absolute atomic E-state index is 13.0. The summed E-state index contributed by atoms with van der Waals surface area (Å²) in [5, 5.41) is 13.5. The summed E-state index contributed by atoms with van der Waals surface area (Å²) < 4.78 is 30.0. The zero-order valence-electron chi connectivity index (χ0n) is 18.8. The number of rotatable bonds is 10. The van der Waals surface area contributed by atoms with E-state index in [4.69, 9.17) is 4.74 Å². The van der Waals surface area contributed by atoms with E-state index >= 15 is 0 Å². The molecule has 35 heavy (non-hydrogen) atoms. The van der Waals surface area contributed by atoms with Crippen LogP contribution in [0.25, 0.3) is 0 Å². The van der Waals surface area contributed by atoms with Crippen molar-refractivity contribution in [3.8, 4) is 5.75 Å². The van der Waals surface area contributed by atoms with Crippen molar-refractivity contribution >= 4 is 57.6 Å². The minimum atomic E-state index is -2.53. The summed E-state index contributed by atoms with van der Waals surface area (Å²) in [6.45, 7) is 2.29. The molecule has 13 heteroatoms. The zero-order chi connectivity index (χ0) is 25.5. The summed E-state index contributed by atoms with van der Waals surface area (Å²) in [6, 6.07) is 10.3. The van der Waals surface area contributed by atoms with Gasteiger partial charge in [-0.25, -0.2) is 4.99 Å². The SMILES string of the molecule is CCCN1C(=O)[C@@H](CC(=O)Nc2ccc(OC)cc2[N+](=O)[O-])SC1=Nc1ccc(SC(F)F)cc1. The molecule has 1 N–H and O–H groups in total. The predicted octanol–water partition coefficient (Wildman–Crippen LogP) is 5.29. The Kier molecular flexibility index (Phi) is 9.04. The molecule has 0 aliphatic carbocycles. The Bertz CT molecular complexity index is 1130. The number of hydrogen-bond donors (Lipinski definition) is 1. The van der Waals surface area contributed by atoms with E-state index < -0.39 is 21.8 Å². The van der Waals surface area contributed by atoms with Gasteiger partial charge in [0.2, 0.25) is 11.8 Å². The number of benzene rings is 2. The first-order valence-corrected chi connectivity index (χ1v) is 12.2. The average molecular weight is 525 g/mol. The van der Waals surface area contributed by atoms with Crippen molar-refractivity contribution in [3.63, 3.8) is 0 Å². The molecule has 186 valence electrons. The third-order valence-corrected chi connectivity index (χ3v) is 6.70. The molecule has 1 atom stereocenters. The van der Waals surface area contributed by atoms with Gasteiger partial charge in [-0.3, -0.25) is 24.6 Å². The molecule has 2 aromatic rings. The van der Waals surface area contributed by atoms with Crippen molar-refractivity contribution in [1.82, 2.24) is 4.90 Å². The van der Waals surface area contributed by atoms with Gasteiger partial charge in [0.15, 0.2) is 5.17 Å². The minimum absolute atomic E-state index is 0.00249. The second kappa shape index (κ2) is 12.0. The van der Waals surface area contributed by atoms with E-state index in [1.54, 1.807) is 12.1 Å². The lowest BCUT2D eigenvalue weighted by Gasteiger charge is -2.15. The molecule has 0 bridgehead atoms. The second-order valence-corrected chi connectivity index (χ2v) is 9.49. The van der Waals surface area contributed by atoms with Crippen LogP contribution in [0.1, 0.15) is 19.8 Å². The first-order chi connectivity index (χ1) is 16.7. The lowest BCUT2D eigenvalue weighted by atomic mass is 10.2. The van der Waals surface area contributed by atoms with E-state index in [-0.39, 0.29) is 29.5 Å². The highest BCUT2D eigenvalue weighted by Gasteiger charge is 2.39. The highest BCUT2D eigenvalue weighted by molar-refractivity contribution is 8.15. The van der Waals surface area contributed by atoms with Gasteiger partial charge in [-0.2, -0.15) is 8.78 Å². The molecule has 3 rings (SSSR count). The van der Waals surface area contributed by atoms with E-state index in [9.17, 15) is 28.5 Å². The Morgan fingerprint density at radius 2 is 2.03 bits per heavy atom. The predicted molar refractivity (Wildman–Crippen MR) is 132 cm³/mol. The topological polar surface area (TPSA) is 114 Å².